The van der Waals surface area contributed by atoms with Gasteiger partial charge in [0.05, 0.1) is 32.7 Å². The lowest BCUT2D eigenvalue weighted by Gasteiger charge is -2.46. The molecule has 1 aliphatic heterocycles. The number of likely N-dealkylation sites (tertiary alicyclic amines) is 1. The smallest absolute Gasteiger partial charge is 0.220 e. The van der Waals surface area contributed by atoms with Crippen LogP contribution in [0.4, 0.5) is 0 Å². The number of amides is 1. The fraction of sp³-hybridized carbons (Fsp3) is 0.920. The van der Waals surface area contributed by atoms with Crippen LogP contribution < -0.4 is 10.6 Å². The highest BCUT2D eigenvalue weighted by Crippen LogP contribution is 2.28. The van der Waals surface area contributed by atoms with Crippen LogP contribution >= 0.6 is 0 Å². The summed E-state index contributed by atoms with van der Waals surface area (Å²) < 4.78 is 1.14. The summed E-state index contributed by atoms with van der Waals surface area (Å²) in [5.41, 5.74) is 0.0635. The molecule has 0 atom stereocenters. The summed E-state index contributed by atoms with van der Waals surface area (Å²) >= 11 is 0. The fourth-order valence-corrected chi connectivity index (χ4v) is 4.30. The first-order chi connectivity index (χ1) is 14.2. The number of nitrogens with zero attached hydrogens (tertiary/aromatic N) is 1. The number of hydrogen-bond acceptors (Lipinski definition) is 3. The monoisotopic (exact) mass is 424 g/mol. The molecule has 0 radical (unpaired) electrons. The van der Waals surface area contributed by atoms with Gasteiger partial charge in [0.2, 0.25) is 5.91 Å². The molecule has 0 aliphatic carbocycles. The third kappa shape index (κ3) is 8.30. The second-order valence-corrected chi connectivity index (χ2v) is 10.0. The molecule has 0 aromatic rings. The normalized spacial score (nSPS) is 16.2. The molecule has 0 aromatic heterocycles. The maximum atomic E-state index is 12.4. The number of nitrogens with one attached hydrogen (secondary N) is 2. The van der Waals surface area contributed by atoms with Crippen molar-refractivity contribution in [3.63, 3.8) is 0 Å². The SMILES string of the molecule is CCC(C)(CC)NCC[N+]1(CCNC(=O)CCCCC(=O)C(C)(CC)CC)CCC1. The molecule has 176 valence electrons. The minimum atomic E-state index is -0.183. The van der Waals surface area contributed by atoms with Crippen LogP contribution in [0.3, 0.4) is 0 Å². The second kappa shape index (κ2) is 12.8. The number of hydrogen-bond donors (Lipinski definition) is 2. The minimum absolute atomic E-state index is 0.137. The van der Waals surface area contributed by atoms with Crippen molar-refractivity contribution in [1.29, 1.82) is 0 Å². The van der Waals surface area contributed by atoms with Gasteiger partial charge in [0.15, 0.2) is 0 Å². The van der Waals surface area contributed by atoms with Gasteiger partial charge in [-0.25, -0.2) is 0 Å². The van der Waals surface area contributed by atoms with Crippen molar-refractivity contribution in [3.8, 4) is 0 Å². The Hall–Kier alpha value is -0.940. The summed E-state index contributed by atoms with van der Waals surface area (Å²) in [6.07, 6.45) is 8.17. The zero-order valence-corrected chi connectivity index (χ0v) is 20.9. The molecule has 1 amide bonds. The Kier molecular flexibility index (Phi) is 11.6. The van der Waals surface area contributed by atoms with Gasteiger partial charge in [-0.1, -0.05) is 34.6 Å². The highest BCUT2D eigenvalue weighted by Gasteiger charge is 2.35. The van der Waals surface area contributed by atoms with Gasteiger partial charge in [0.1, 0.15) is 5.78 Å². The van der Waals surface area contributed by atoms with Crippen LogP contribution in [-0.2, 0) is 9.59 Å². The van der Waals surface area contributed by atoms with Crippen molar-refractivity contribution >= 4 is 11.7 Å². The van der Waals surface area contributed by atoms with E-state index in [4.69, 9.17) is 0 Å². The van der Waals surface area contributed by atoms with E-state index in [2.05, 4.69) is 52.2 Å². The van der Waals surface area contributed by atoms with Crippen molar-refractivity contribution in [2.45, 2.75) is 105 Å². The first-order valence-corrected chi connectivity index (χ1v) is 12.6. The molecule has 1 rings (SSSR count). The van der Waals surface area contributed by atoms with Crippen LogP contribution in [0.1, 0.15) is 99.3 Å². The molecular formula is C25H50N3O2+. The number of carbonyl (C=O) groups is 2. The maximum Gasteiger partial charge on any atom is 0.220 e. The van der Waals surface area contributed by atoms with Crippen LogP contribution in [-0.4, -0.2) is 61.0 Å². The van der Waals surface area contributed by atoms with Gasteiger partial charge >= 0.3 is 0 Å². The van der Waals surface area contributed by atoms with Gasteiger partial charge in [0, 0.05) is 36.8 Å². The number of quaternary nitrogens is 1. The predicted molar refractivity (Wildman–Crippen MR) is 127 cm³/mol. The van der Waals surface area contributed by atoms with Crippen LogP contribution in [0.5, 0.6) is 0 Å². The third-order valence-corrected chi connectivity index (χ3v) is 8.16. The predicted octanol–water partition coefficient (Wildman–Crippen LogP) is 4.45. The van der Waals surface area contributed by atoms with Gasteiger partial charge in [-0.3, -0.25) is 9.59 Å². The average molecular weight is 425 g/mol. The first kappa shape index (κ1) is 27.1. The lowest BCUT2D eigenvalue weighted by molar-refractivity contribution is -0.961. The third-order valence-electron chi connectivity index (χ3n) is 8.16. The van der Waals surface area contributed by atoms with Gasteiger partial charge in [-0.05, 0) is 45.4 Å². The van der Waals surface area contributed by atoms with Crippen molar-refractivity contribution in [3.05, 3.63) is 0 Å². The minimum Gasteiger partial charge on any atom is -0.350 e. The Bertz CT molecular complexity index is 520. The van der Waals surface area contributed by atoms with Crippen molar-refractivity contribution in [2.75, 3.05) is 39.3 Å². The molecule has 0 saturated carbocycles. The molecular weight excluding hydrogens is 374 g/mol. The lowest BCUT2D eigenvalue weighted by Crippen LogP contribution is -2.63. The average Bonchev–Trinajstić information content (AvgIpc) is 2.73. The second-order valence-electron chi connectivity index (χ2n) is 10.0. The van der Waals surface area contributed by atoms with E-state index in [1.54, 1.807) is 0 Å². The van der Waals surface area contributed by atoms with Crippen molar-refractivity contribution in [2.24, 2.45) is 5.41 Å². The lowest BCUT2D eigenvalue weighted by atomic mass is 9.78. The summed E-state index contributed by atoms with van der Waals surface area (Å²) in [6, 6.07) is 0. The van der Waals surface area contributed by atoms with Gasteiger partial charge in [0.25, 0.3) is 0 Å². The molecule has 30 heavy (non-hydrogen) atoms. The van der Waals surface area contributed by atoms with Gasteiger partial charge in [-0.15, -0.1) is 0 Å². The van der Waals surface area contributed by atoms with E-state index < -0.39 is 0 Å². The summed E-state index contributed by atoms with van der Waals surface area (Å²) in [5.74, 6) is 0.491. The van der Waals surface area contributed by atoms with Crippen LogP contribution in [0.25, 0.3) is 0 Å². The zero-order chi connectivity index (χ0) is 22.7. The highest BCUT2D eigenvalue weighted by molar-refractivity contribution is 5.84. The molecule has 5 heteroatoms. The molecule has 1 heterocycles. The van der Waals surface area contributed by atoms with Crippen LogP contribution in [0, 0.1) is 5.41 Å². The summed E-state index contributed by atoms with van der Waals surface area (Å²) in [6.45, 7) is 19.5. The van der Waals surface area contributed by atoms with E-state index >= 15 is 0 Å². The van der Waals surface area contributed by atoms with Crippen molar-refractivity contribution < 1.29 is 14.1 Å². The van der Waals surface area contributed by atoms with E-state index in [9.17, 15) is 9.59 Å². The molecule has 1 fully saturated rings. The Balaban J connectivity index is 2.22. The first-order valence-electron chi connectivity index (χ1n) is 12.6. The van der Waals surface area contributed by atoms with E-state index in [1.807, 2.05) is 0 Å². The Morgan fingerprint density at radius 2 is 1.40 bits per heavy atom. The number of carbonyl (C=O) groups excluding carboxylic acids is 2. The molecule has 0 bridgehead atoms. The summed E-state index contributed by atoms with van der Waals surface area (Å²) in [7, 11) is 0. The van der Waals surface area contributed by atoms with Gasteiger partial charge in [-0.2, -0.15) is 0 Å². The van der Waals surface area contributed by atoms with Crippen LogP contribution in [0.15, 0.2) is 0 Å². The van der Waals surface area contributed by atoms with E-state index in [1.165, 1.54) is 19.5 Å². The molecule has 1 saturated heterocycles. The zero-order valence-electron chi connectivity index (χ0n) is 20.9. The Morgan fingerprint density at radius 3 is 1.90 bits per heavy atom. The van der Waals surface area contributed by atoms with Gasteiger partial charge < -0.3 is 15.1 Å². The van der Waals surface area contributed by atoms with Crippen molar-refractivity contribution in [1.82, 2.24) is 10.6 Å². The number of rotatable bonds is 17. The Labute approximate surface area is 186 Å². The quantitative estimate of drug-likeness (QED) is 0.268. The fourth-order valence-electron chi connectivity index (χ4n) is 4.30. The molecule has 0 unspecified atom stereocenters. The molecule has 0 aromatic carbocycles. The molecule has 0 spiro atoms. The van der Waals surface area contributed by atoms with E-state index in [0.29, 0.717) is 18.6 Å². The van der Waals surface area contributed by atoms with E-state index in [0.717, 1.165) is 69.2 Å². The molecule has 2 N–H and O–H groups in total. The summed E-state index contributed by atoms with van der Waals surface area (Å²) in [5, 5.41) is 6.87. The Morgan fingerprint density at radius 1 is 0.833 bits per heavy atom. The molecule has 1 aliphatic rings. The largest absolute Gasteiger partial charge is 0.350 e. The van der Waals surface area contributed by atoms with E-state index in [-0.39, 0.29) is 16.9 Å². The topological polar surface area (TPSA) is 58.2 Å². The number of ketones is 1. The summed E-state index contributed by atoms with van der Waals surface area (Å²) in [4.78, 5) is 24.6. The standard InChI is InChI=1S/C25H49N3O2/c1-7-24(5,8-2)22(29)14-11-12-15-23(30)26-16-20-28(18-13-19-28)21-17-27-25(6,9-3)10-4/h27H,7-21H2,1-6H3/p+1. The van der Waals surface area contributed by atoms with Crippen LogP contribution in [0.2, 0.25) is 0 Å². The number of unbranched alkanes of at least 4 members (excludes halogenated alkanes) is 1. The maximum absolute atomic E-state index is 12.4. The molecule has 5 nitrogen and oxygen atoms in total. The highest BCUT2D eigenvalue weighted by atomic mass is 16.1. The number of Topliss-reactive ketones (excluding diaryl/α,β-unsaturated/α-hetero) is 1.